The van der Waals surface area contributed by atoms with E-state index in [-0.39, 0.29) is 0 Å². The van der Waals surface area contributed by atoms with Gasteiger partial charge in [0.1, 0.15) is 0 Å². The van der Waals surface area contributed by atoms with Crippen molar-refractivity contribution in [1.82, 2.24) is 0 Å². The van der Waals surface area contributed by atoms with Crippen molar-refractivity contribution in [3.05, 3.63) is 0 Å². The predicted octanol–water partition coefficient (Wildman–Crippen LogP) is -1.28. The molecule has 0 rings (SSSR count). The van der Waals surface area contributed by atoms with Crippen molar-refractivity contribution in [2.24, 2.45) is 59.2 Å². The summed E-state index contributed by atoms with van der Waals surface area (Å²) in [6.07, 6.45) is -13.6. The topological polar surface area (TPSA) is 345 Å². The summed E-state index contributed by atoms with van der Waals surface area (Å²) >= 11 is 0. The SMILES string of the molecule is CC(O)C(C[C@H](C(C(=O)O)C(C)O)[C@@H](C(C(=O)O)C(C)O)C(C(C[C@@H](C(=O)O)[C@@H](C)O)C(C(=O)O)C(C)O)C(C(=O)O)C(C)O)C(=O)O. The molecule has 0 aliphatic carbocycles. The van der Waals surface area contributed by atoms with Gasteiger partial charge in [0.05, 0.1) is 72.1 Å². The summed E-state index contributed by atoms with van der Waals surface area (Å²) in [5.74, 6) is -32.5. The van der Waals surface area contributed by atoms with Crippen molar-refractivity contribution in [2.45, 2.75) is 91.0 Å². The second kappa shape index (κ2) is 18.9. The molecule has 0 aromatic heterocycles. The van der Waals surface area contributed by atoms with E-state index >= 15 is 0 Å². The van der Waals surface area contributed by atoms with Gasteiger partial charge in [-0.3, -0.25) is 28.8 Å². The maximum Gasteiger partial charge on any atom is 0.309 e. The monoisotopic (exact) mass is 698 g/mol. The third-order valence-corrected chi connectivity index (χ3v) is 9.26. The van der Waals surface area contributed by atoms with Gasteiger partial charge in [-0.1, -0.05) is 0 Å². The van der Waals surface area contributed by atoms with Gasteiger partial charge in [0.2, 0.25) is 0 Å². The van der Waals surface area contributed by atoms with Gasteiger partial charge in [0.25, 0.3) is 0 Å². The molecule has 48 heavy (non-hydrogen) atoms. The van der Waals surface area contributed by atoms with Crippen LogP contribution < -0.4 is 0 Å². The van der Waals surface area contributed by atoms with Crippen LogP contribution in [0.15, 0.2) is 0 Å². The zero-order valence-corrected chi connectivity index (χ0v) is 27.5. The Morgan fingerprint density at radius 3 is 0.688 bits per heavy atom. The summed E-state index contributed by atoms with van der Waals surface area (Å²) in [5, 5.41) is 125. The van der Waals surface area contributed by atoms with Crippen molar-refractivity contribution in [2.75, 3.05) is 0 Å². The average molecular weight is 699 g/mol. The van der Waals surface area contributed by atoms with Crippen molar-refractivity contribution in [3.63, 3.8) is 0 Å². The number of hydrogen-bond acceptors (Lipinski definition) is 12. The lowest BCUT2D eigenvalue weighted by Gasteiger charge is -2.49. The Bertz CT molecular complexity index is 1030. The van der Waals surface area contributed by atoms with Crippen LogP contribution in [0, 0.1) is 59.2 Å². The molecule has 18 nitrogen and oxygen atoms in total. The van der Waals surface area contributed by atoms with Crippen molar-refractivity contribution in [3.8, 4) is 0 Å². The molecule has 0 aliphatic rings. The van der Waals surface area contributed by atoms with Gasteiger partial charge >= 0.3 is 35.8 Å². The molecule has 0 aliphatic heterocycles. The van der Waals surface area contributed by atoms with Crippen LogP contribution in [0.1, 0.15) is 54.4 Å². The van der Waals surface area contributed by atoms with Crippen LogP contribution in [0.3, 0.4) is 0 Å². The van der Waals surface area contributed by atoms with Crippen molar-refractivity contribution < 1.29 is 90.0 Å². The maximum atomic E-state index is 12.9. The number of carboxylic acids is 6. The number of aliphatic hydroxyl groups is 6. The van der Waals surface area contributed by atoms with Crippen LogP contribution in [-0.2, 0) is 28.8 Å². The fraction of sp³-hybridized carbons (Fsp3) is 0.800. The highest BCUT2D eigenvalue weighted by atomic mass is 16.4. The van der Waals surface area contributed by atoms with Crippen LogP contribution in [0.25, 0.3) is 0 Å². The quantitative estimate of drug-likeness (QED) is 0.0591. The molecule has 0 bridgehead atoms. The van der Waals surface area contributed by atoms with E-state index < -0.39 is 144 Å². The van der Waals surface area contributed by atoms with Crippen molar-refractivity contribution in [1.29, 1.82) is 0 Å². The van der Waals surface area contributed by atoms with Gasteiger partial charge in [-0.25, -0.2) is 0 Å². The van der Waals surface area contributed by atoms with Crippen LogP contribution in [0.2, 0.25) is 0 Å². The fourth-order valence-electron chi connectivity index (χ4n) is 7.14. The third-order valence-electron chi connectivity index (χ3n) is 9.26. The minimum Gasteiger partial charge on any atom is -0.481 e. The Balaban J connectivity index is 8.87. The molecule has 0 amide bonds. The molecule has 0 saturated carbocycles. The Hall–Kier alpha value is -3.42. The van der Waals surface area contributed by atoms with Gasteiger partial charge in [0, 0.05) is 0 Å². The van der Waals surface area contributed by atoms with E-state index in [4.69, 9.17) is 0 Å². The molecule has 0 aromatic carbocycles. The highest BCUT2D eigenvalue weighted by molar-refractivity contribution is 5.76. The van der Waals surface area contributed by atoms with Gasteiger partial charge in [0.15, 0.2) is 0 Å². The van der Waals surface area contributed by atoms with E-state index in [9.17, 15) is 90.0 Å². The van der Waals surface area contributed by atoms with Crippen LogP contribution >= 0.6 is 0 Å². The largest absolute Gasteiger partial charge is 0.481 e. The summed E-state index contributed by atoms with van der Waals surface area (Å²) < 4.78 is 0. The Labute approximate surface area is 276 Å². The summed E-state index contributed by atoms with van der Waals surface area (Å²) in [4.78, 5) is 75.8. The molecular weight excluding hydrogens is 648 g/mol. The molecule has 18 heteroatoms. The number of rotatable bonds is 23. The number of carboxylic acid groups (broad SMARTS) is 6. The van der Waals surface area contributed by atoms with Crippen LogP contribution in [0.5, 0.6) is 0 Å². The minimum absolute atomic E-state index is 0.897. The molecule has 0 saturated heterocycles. The lowest BCUT2D eigenvalue weighted by atomic mass is 9.54. The van der Waals surface area contributed by atoms with E-state index in [1.54, 1.807) is 0 Å². The van der Waals surface area contributed by atoms with Gasteiger partial charge < -0.3 is 61.3 Å². The molecule has 0 fully saturated rings. The normalized spacial score (nSPS) is 22.0. The van der Waals surface area contributed by atoms with Crippen LogP contribution in [-0.4, -0.2) is 134 Å². The van der Waals surface area contributed by atoms with E-state index in [1.807, 2.05) is 0 Å². The second-order valence-corrected chi connectivity index (χ2v) is 12.7. The summed E-state index contributed by atoms with van der Waals surface area (Å²) in [7, 11) is 0. The van der Waals surface area contributed by atoms with Crippen molar-refractivity contribution >= 4 is 35.8 Å². The lowest BCUT2D eigenvalue weighted by Crippen LogP contribution is -2.56. The third kappa shape index (κ3) is 11.3. The highest BCUT2D eigenvalue weighted by Crippen LogP contribution is 2.51. The minimum atomic E-state index is -2.31. The summed E-state index contributed by atoms with van der Waals surface area (Å²) in [5.41, 5.74) is 0. The molecule has 12 N–H and O–H groups in total. The highest BCUT2D eigenvalue weighted by Gasteiger charge is 2.57. The lowest BCUT2D eigenvalue weighted by molar-refractivity contribution is -0.177. The van der Waals surface area contributed by atoms with Gasteiger partial charge in [-0.05, 0) is 78.1 Å². The van der Waals surface area contributed by atoms with E-state index in [1.165, 1.54) is 0 Å². The molecular formula is C30H50O18. The fourth-order valence-corrected chi connectivity index (χ4v) is 7.14. The summed E-state index contributed by atoms with van der Waals surface area (Å²) in [6.45, 7) is 5.64. The Morgan fingerprint density at radius 1 is 0.354 bits per heavy atom. The molecule has 0 heterocycles. The maximum absolute atomic E-state index is 12.9. The molecule has 0 radical (unpaired) electrons. The predicted molar refractivity (Wildman–Crippen MR) is 160 cm³/mol. The first-order valence-electron chi connectivity index (χ1n) is 15.3. The van der Waals surface area contributed by atoms with Gasteiger partial charge in [-0.2, -0.15) is 0 Å². The number of carbonyl (C=O) groups is 6. The number of aliphatic carboxylic acids is 6. The zero-order valence-electron chi connectivity index (χ0n) is 27.5. The van der Waals surface area contributed by atoms with Crippen LogP contribution in [0.4, 0.5) is 0 Å². The Morgan fingerprint density at radius 2 is 0.562 bits per heavy atom. The molecule has 278 valence electrons. The smallest absolute Gasteiger partial charge is 0.309 e. The number of aliphatic hydroxyl groups excluding tert-OH is 6. The average Bonchev–Trinajstić information content (AvgIpc) is 2.87. The van der Waals surface area contributed by atoms with Gasteiger partial charge in [-0.15, -0.1) is 0 Å². The first kappa shape index (κ1) is 44.6. The molecule has 0 aromatic rings. The zero-order chi connectivity index (χ0) is 38.1. The first-order chi connectivity index (χ1) is 21.8. The standard InChI is InChI=1S/C30H50O18/c1-9(31)15(25(37)38)7-17(19(11(3)33)27(41)42)23(21(13(5)35)29(45)46)24(22(14(6)36)30(47)48)18(20(12(4)34)28(43)44)8-16(10(2)32)26(39)40/h9-24,31-36H,7-8H2,1-6H3,(H,37,38)(H,39,40)(H,41,42)(H,43,44)(H,45,46)(H,47,48)/t9-,10?,11?,12?,13?,14?,15-,16?,17?,18-,19?,20?,21?,22?,23?,24+/m1/s1. The first-order valence-corrected chi connectivity index (χ1v) is 15.3. The molecule has 0 spiro atoms. The van der Waals surface area contributed by atoms with E-state index in [0.29, 0.717) is 0 Å². The van der Waals surface area contributed by atoms with E-state index in [0.717, 1.165) is 41.5 Å². The summed E-state index contributed by atoms with van der Waals surface area (Å²) in [6, 6.07) is 0. The molecule has 16 atom stereocenters. The number of hydrogen-bond donors (Lipinski definition) is 12. The second-order valence-electron chi connectivity index (χ2n) is 12.7. The molecule has 12 unspecified atom stereocenters. The Kier molecular flexibility index (Phi) is 17.6. The van der Waals surface area contributed by atoms with E-state index in [2.05, 4.69) is 0 Å².